The summed E-state index contributed by atoms with van der Waals surface area (Å²) in [6, 6.07) is 22.3. The minimum absolute atomic E-state index is 0.000201. The first-order valence-electron chi connectivity index (χ1n) is 12.2. The number of aliphatic hydroxyl groups is 1. The van der Waals surface area contributed by atoms with Crippen LogP contribution in [0.2, 0.25) is 0 Å². The van der Waals surface area contributed by atoms with Crippen molar-refractivity contribution in [1.82, 2.24) is 0 Å². The fourth-order valence-electron chi connectivity index (χ4n) is 5.34. The Morgan fingerprint density at radius 2 is 1.89 bits per heavy atom. The molecule has 2 N–H and O–H groups in total. The van der Waals surface area contributed by atoms with Crippen molar-refractivity contribution in [2.75, 3.05) is 23.9 Å². The van der Waals surface area contributed by atoms with Crippen molar-refractivity contribution in [3.05, 3.63) is 89.5 Å². The molecular formula is C29H30N2O5. The van der Waals surface area contributed by atoms with Gasteiger partial charge in [-0.1, -0.05) is 37.3 Å². The quantitative estimate of drug-likeness (QED) is 0.514. The number of amides is 2. The maximum absolute atomic E-state index is 14.0. The van der Waals surface area contributed by atoms with Crippen LogP contribution in [-0.2, 0) is 21.7 Å². The standard InChI is InChI=1S/C29H30N2O5/c1-19-16-24(14-15-32)36-29(19)25-17-22(30-27(33)21-8-11-23(35-2)12-9-21)10-13-26(25)31(28(29)34)18-20-6-4-3-5-7-20/h3-13,17,19,24,32H,14-16,18H2,1-2H3,(H,30,33)/t19-,24+,29+/m1/s1. The molecule has 3 atom stereocenters. The summed E-state index contributed by atoms with van der Waals surface area (Å²) in [7, 11) is 1.58. The molecule has 2 aliphatic heterocycles. The molecule has 0 radical (unpaired) electrons. The van der Waals surface area contributed by atoms with Gasteiger partial charge in [0.25, 0.3) is 11.8 Å². The first-order chi connectivity index (χ1) is 17.5. The SMILES string of the molecule is COc1ccc(C(=O)Nc2ccc3c(c2)[C@]2(O[C@@H](CCO)C[C@H]2C)C(=O)N3Cc2ccccc2)cc1. The molecule has 0 saturated carbocycles. The van der Waals surface area contributed by atoms with E-state index in [0.717, 1.165) is 16.8 Å². The summed E-state index contributed by atoms with van der Waals surface area (Å²) in [6.07, 6.45) is 0.935. The number of carbonyl (C=O) groups is 2. The van der Waals surface area contributed by atoms with E-state index < -0.39 is 5.60 Å². The van der Waals surface area contributed by atoms with E-state index in [0.29, 0.717) is 36.4 Å². The summed E-state index contributed by atoms with van der Waals surface area (Å²) in [5.41, 5.74) is 2.49. The number of methoxy groups -OCH3 is 1. The Kier molecular flexibility index (Phi) is 6.51. The molecule has 7 heteroatoms. The largest absolute Gasteiger partial charge is 0.497 e. The van der Waals surface area contributed by atoms with E-state index >= 15 is 0 Å². The van der Waals surface area contributed by atoms with Crippen LogP contribution in [-0.4, -0.2) is 36.7 Å². The predicted octanol–water partition coefficient (Wildman–Crippen LogP) is 4.50. The van der Waals surface area contributed by atoms with E-state index in [1.807, 2.05) is 55.5 Å². The number of rotatable bonds is 7. The van der Waals surface area contributed by atoms with Crippen molar-refractivity contribution in [1.29, 1.82) is 0 Å². The van der Waals surface area contributed by atoms with Gasteiger partial charge in [-0.25, -0.2) is 0 Å². The lowest BCUT2D eigenvalue weighted by Crippen LogP contribution is -2.43. The summed E-state index contributed by atoms with van der Waals surface area (Å²) < 4.78 is 11.6. The summed E-state index contributed by atoms with van der Waals surface area (Å²) in [4.78, 5) is 28.7. The van der Waals surface area contributed by atoms with E-state index in [1.54, 1.807) is 36.3 Å². The second kappa shape index (κ2) is 9.76. The first-order valence-corrected chi connectivity index (χ1v) is 12.2. The van der Waals surface area contributed by atoms with Gasteiger partial charge in [0.15, 0.2) is 5.60 Å². The highest BCUT2D eigenvalue weighted by molar-refractivity contribution is 6.09. The molecule has 0 aromatic heterocycles. The number of nitrogens with one attached hydrogen (secondary N) is 1. The van der Waals surface area contributed by atoms with Gasteiger partial charge in [-0.2, -0.15) is 0 Å². The minimum atomic E-state index is -1.15. The van der Waals surface area contributed by atoms with Gasteiger partial charge in [-0.05, 0) is 60.9 Å². The number of anilines is 2. The summed E-state index contributed by atoms with van der Waals surface area (Å²) >= 11 is 0. The third-order valence-corrected chi connectivity index (χ3v) is 7.16. The van der Waals surface area contributed by atoms with Gasteiger partial charge in [0.1, 0.15) is 5.75 Å². The molecule has 3 aromatic rings. The van der Waals surface area contributed by atoms with Gasteiger partial charge in [-0.15, -0.1) is 0 Å². The highest BCUT2D eigenvalue weighted by Crippen LogP contribution is 2.54. The third kappa shape index (κ3) is 4.14. The van der Waals surface area contributed by atoms with Crippen molar-refractivity contribution >= 4 is 23.2 Å². The number of benzene rings is 3. The van der Waals surface area contributed by atoms with Crippen LogP contribution in [0.15, 0.2) is 72.8 Å². The summed E-state index contributed by atoms with van der Waals surface area (Å²) in [5.74, 6) is 0.227. The third-order valence-electron chi connectivity index (χ3n) is 7.16. The number of carbonyl (C=O) groups excluding carboxylic acids is 2. The molecule has 0 unspecified atom stereocenters. The molecule has 5 rings (SSSR count). The van der Waals surface area contributed by atoms with Crippen molar-refractivity contribution in [2.24, 2.45) is 5.92 Å². The van der Waals surface area contributed by atoms with Gasteiger partial charge in [0.2, 0.25) is 0 Å². The van der Waals surface area contributed by atoms with Crippen LogP contribution in [0.4, 0.5) is 11.4 Å². The van der Waals surface area contributed by atoms with Crippen LogP contribution < -0.4 is 15.0 Å². The summed E-state index contributed by atoms with van der Waals surface area (Å²) in [5, 5.41) is 12.5. The van der Waals surface area contributed by atoms with E-state index in [1.165, 1.54) is 0 Å². The summed E-state index contributed by atoms with van der Waals surface area (Å²) in [6.45, 7) is 2.45. The highest BCUT2D eigenvalue weighted by Gasteiger charge is 2.60. The number of aliphatic hydroxyl groups excluding tert-OH is 1. The molecule has 1 spiro atoms. The van der Waals surface area contributed by atoms with Gasteiger partial charge >= 0.3 is 0 Å². The zero-order chi connectivity index (χ0) is 25.3. The zero-order valence-electron chi connectivity index (χ0n) is 20.4. The van der Waals surface area contributed by atoms with E-state index in [4.69, 9.17) is 9.47 Å². The van der Waals surface area contributed by atoms with Crippen molar-refractivity contribution in [3.63, 3.8) is 0 Å². The number of hydrogen-bond donors (Lipinski definition) is 2. The fraction of sp³-hybridized carbons (Fsp3) is 0.310. The van der Waals surface area contributed by atoms with E-state index in [9.17, 15) is 14.7 Å². The number of hydrogen-bond acceptors (Lipinski definition) is 5. The molecule has 0 aliphatic carbocycles. The van der Waals surface area contributed by atoms with Crippen molar-refractivity contribution in [3.8, 4) is 5.75 Å². The highest BCUT2D eigenvalue weighted by atomic mass is 16.5. The Bertz CT molecular complexity index is 1260. The number of fused-ring (bicyclic) bond motifs is 2. The van der Waals surface area contributed by atoms with Crippen LogP contribution >= 0.6 is 0 Å². The van der Waals surface area contributed by atoms with Crippen LogP contribution in [0.5, 0.6) is 5.75 Å². The zero-order valence-corrected chi connectivity index (χ0v) is 20.4. The van der Waals surface area contributed by atoms with Gasteiger partial charge in [0, 0.05) is 29.3 Å². The Hall–Kier alpha value is -3.68. The molecule has 1 saturated heterocycles. The van der Waals surface area contributed by atoms with Gasteiger partial charge in [0.05, 0.1) is 25.4 Å². The van der Waals surface area contributed by atoms with Crippen LogP contribution in [0, 0.1) is 5.92 Å². The predicted molar refractivity (Wildman–Crippen MR) is 137 cm³/mol. The van der Waals surface area contributed by atoms with E-state index in [2.05, 4.69) is 5.32 Å². The fourth-order valence-corrected chi connectivity index (χ4v) is 5.34. The number of nitrogens with zero attached hydrogens (tertiary/aromatic N) is 1. The molecule has 2 heterocycles. The molecule has 3 aromatic carbocycles. The second-order valence-corrected chi connectivity index (χ2v) is 9.42. The average Bonchev–Trinajstić information content (AvgIpc) is 3.34. The lowest BCUT2D eigenvalue weighted by Gasteiger charge is -2.28. The van der Waals surface area contributed by atoms with Crippen LogP contribution in [0.1, 0.15) is 41.3 Å². The lowest BCUT2D eigenvalue weighted by molar-refractivity contribution is -0.146. The Labute approximate surface area is 210 Å². The molecule has 36 heavy (non-hydrogen) atoms. The van der Waals surface area contributed by atoms with Gasteiger partial charge < -0.3 is 24.8 Å². The Morgan fingerprint density at radius 1 is 1.14 bits per heavy atom. The Balaban J connectivity index is 1.50. The lowest BCUT2D eigenvalue weighted by atomic mass is 9.82. The average molecular weight is 487 g/mol. The van der Waals surface area contributed by atoms with Crippen molar-refractivity contribution < 1.29 is 24.2 Å². The monoisotopic (exact) mass is 486 g/mol. The molecule has 1 fully saturated rings. The molecule has 0 bridgehead atoms. The molecule has 7 nitrogen and oxygen atoms in total. The second-order valence-electron chi connectivity index (χ2n) is 9.42. The van der Waals surface area contributed by atoms with E-state index in [-0.39, 0.29) is 30.4 Å². The molecular weight excluding hydrogens is 456 g/mol. The maximum Gasteiger partial charge on any atom is 0.264 e. The van der Waals surface area contributed by atoms with Crippen LogP contribution in [0.3, 0.4) is 0 Å². The normalized spacial score (nSPS) is 22.6. The molecule has 2 aliphatic rings. The maximum atomic E-state index is 14.0. The van der Waals surface area contributed by atoms with Crippen LogP contribution in [0.25, 0.3) is 0 Å². The first kappa shape index (κ1) is 24.0. The van der Waals surface area contributed by atoms with Gasteiger partial charge in [-0.3, -0.25) is 9.59 Å². The smallest absolute Gasteiger partial charge is 0.264 e. The van der Waals surface area contributed by atoms with Crippen molar-refractivity contribution in [2.45, 2.75) is 38.0 Å². The molecule has 2 amide bonds. The number of ether oxygens (including phenoxy) is 2. The molecule has 186 valence electrons. The minimum Gasteiger partial charge on any atom is -0.497 e. The topological polar surface area (TPSA) is 88.1 Å². The Morgan fingerprint density at radius 3 is 2.58 bits per heavy atom.